The van der Waals surface area contributed by atoms with Gasteiger partial charge >= 0.3 is 12.4 Å². The number of benzene rings is 2. The number of para-hydroxylation sites is 1. The zero-order valence-electron chi connectivity index (χ0n) is 17.5. The lowest BCUT2D eigenvalue weighted by molar-refractivity contribution is -0.189. The number of carbonyl (C=O) groups excluding carboxylic acids is 1. The number of aromatic nitrogens is 3. The Labute approximate surface area is 196 Å². The Kier molecular flexibility index (Phi) is 6.97. The second-order valence-corrected chi connectivity index (χ2v) is 7.47. The van der Waals surface area contributed by atoms with E-state index in [4.69, 9.17) is 16.3 Å². The fourth-order valence-corrected chi connectivity index (χ4v) is 3.01. The summed E-state index contributed by atoms with van der Waals surface area (Å²) in [5.41, 5.74) is -2.14. The van der Waals surface area contributed by atoms with Gasteiger partial charge < -0.3 is 10.1 Å². The molecule has 0 saturated carbocycles. The molecule has 0 radical (unpaired) electrons. The first-order chi connectivity index (χ1) is 16.1. The van der Waals surface area contributed by atoms with Crippen molar-refractivity contribution >= 4 is 23.2 Å². The Morgan fingerprint density at radius 1 is 1.11 bits per heavy atom. The number of amides is 1. The molecule has 0 aliphatic rings. The minimum atomic E-state index is -4.96. The van der Waals surface area contributed by atoms with Gasteiger partial charge in [0.1, 0.15) is 17.4 Å². The van der Waals surface area contributed by atoms with E-state index in [1.165, 1.54) is 12.1 Å². The van der Waals surface area contributed by atoms with Crippen molar-refractivity contribution in [3.05, 3.63) is 58.4 Å². The highest BCUT2D eigenvalue weighted by Gasteiger charge is 2.40. The summed E-state index contributed by atoms with van der Waals surface area (Å²) < 4.78 is 112. The van der Waals surface area contributed by atoms with E-state index >= 15 is 0 Å². The van der Waals surface area contributed by atoms with Crippen LogP contribution in [0.3, 0.4) is 0 Å². The molecule has 188 valence electrons. The minimum Gasteiger partial charge on any atom is -0.480 e. The first-order valence-corrected chi connectivity index (χ1v) is 9.78. The zero-order valence-corrected chi connectivity index (χ0v) is 18.3. The largest absolute Gasteiger partial charge is 0.480 e. The van der Waals surface area contributed by atoms with Crippen molar-refractivity contribution in [2.75, 3.05) is 5.32 Å². The third-order valence-corrected chi connectivity index (χ3v) is 4.85. The van der Waals surface area contributed by atoms with Crippen molar-refractivity contribution in [3.8, 4) is 17.1 Å². The number of carbonyl (C=O) groups is 1. The van der Waals surface area contributed by atoms with Gasteiger partial charge in [0.05, 0.1) is 21.8 Å². The Bertz CT molecular complexity index is 1250. The van der Waals surface area contributed by atoms with Crippen molar-refractivity contribution in [1.82, 2.24) is 14.8 Å². The molecule has 0 saturated heterocycles. The van der Waals surface area contributed by atoms with Crippen LogP contribution in [0.4, 0.5) is 40.8 Å². The molecule has 2 aromatic carbocycles. The van der Waals surface area contributed by atoms with E-state index in [0.717, 1.165) is 13.1 Å². The van der Waals surface area contributed by atoms with Crippen LogP contribution < -0.4 is 10.1 Å². The molecule has 1 heterocycles. The van der Waals surface area contributed by atoms with E-state index in [1.54, 1.807) is 0 Å². The molecule has 1 aromatic heterocycles. The van der Waals surface area contributed by atoms with Gasteiger partial charge in [0.15, 0.2) is 11.9 Å². The molecule has 1 N–H and O–H groups in total. The van der Waals surface area contributed by atoms with E-state index in [2.05, 4.69) is 10.1 Å². The van der Waals surface area contributed by atoms with Gasteiger partial charge in [-0.2, -0.15) is 31.4 Å². The molecule has 3 aromatic rings. The Morgan fingerprint density at radius 3 is 2.31 bits per heavy atom. The van der Waals surface area contributed by atoms with Crippen molar-refractivity contribution in [3.63, 3.8) is 0 Å². The predicted molar refractivity (Wildman–Crippen MR) is 107 cm³/mol. The molecular formula is C20H13ClF8N4O2. The normalized spacial score (nSPS) is 13.0. The second-order valence-electron chi connectivity index (χ2n) is 7.06. The van der Waals surface area contributed by atoms with Crippen LogP contribution in [-0.4, -0.2) is 33.0 Å². The fourth-order valence-electron chi connectivity index (χ4n) is 2.80. The number of nitrogens with one attached hydrogen (secondary N) is 1. The number of alkyl halides is 6. The lowest BCUT2D eigenvalue weighted by Gasteiger charge is -2.20. The third-order valence-electron chi connectivity index (χ3n) is 4.54. The summed E-state index contributed by atoms with van der Waals surface area (Å²) >= 11 is 5.82. The highest BCUT2D eigenvalue weighted by atomic mass is 35.5. The molecule has 0 bridgehead atoms. The van der Waals surface area contributed by atoms with Crippen molar-refractivity contribution in [1.29, 1.82) is 0 Å². The maximum atomic E-state index is 14.9. The van der Waals surface area contributed by atoms with Crippen molar-refractivity contribution < 1.29 is 44.7 Å². The van der Waals surface area contributed by atoms with Gasteiger partial charge in [-0.05, 0) is 31.2 Å². The lowest BCUT2D eigenvalue weighted by atomic mass is 10.1. The molecule has 15 heteroatoms. The smallest absolute Gasteiger partial charge is 0.451 e. The molecule has 0 unspecified atom stereocenters. The van der Waals surface area contributed by atoms with Gasteiger partial charge in [-0.3, -0.25) is 4.79 Å². The Morgan fingerprint density at radius 2 is 1.77 bits per heavy atom. The summed E-state index contributed by atoms with van der Waals surface area (Å²) in [5, 5.41) is 5.19. The second kappa shape index (κ2) is 9.32. The van der Waals surface area contributed by atoms with Crippen LogP contribution in [0.5, 0.6) is 5.75 Å². The van der Waals surface area contributed by atoms with Gasteiger partial charge in [-0.15, -0.1) is 0 Å². The summed E-state index contributed by atoms with van der Waals surface area (Å²) in [4.78, 5) is 15.9. The van der Waals surface area contributed by atoms with Crippen LogP contribution in [0.25, 0.3) is 11.4 Å². The van der Waals surface area contributed by atoms with E-state index in [-0.39, 0.29) is 5.02 Å². The van der Waals surface area contributed by atoms with Crippen LogP contribution in [0.15, 0.2) is 30.3 Å². The maximum Gasteiger partial charge on any atom is 0.451 e. The lowest BCUT2D eigenvalue weighted by Crippen LogP contribution is -2.32. The molecule has 0 aliphatic heterocycles. The SMILES string of the molecule is C[C@H](Oc1cc(-c2nc(C(F)(F)F)n(C)n2)c(F)cc1C(=O)Nc1c(F)cccc1Cl)C(F)(F)F. The number of ether oxygens (including phenoxy) is 1. The summed E-state index contributed by atoms with van der Waals surface area (Å²) in [7, 11) is 0.875. The van der Waals surface area contributed by atoms with Gasteiger partial charge in [-0.25, -0.2) is 18.4 Å². The van der Waals surface area contributed by atoms with E-state index < -0.39 is 70.2 Å². The Balaban J connectivity index is 2.12. The molecule has 6 nitrogen and oxygen atoms in total. The van der Waals surface area contributed by atoms with Gasteiger partial charge in [0.2, 0.25) is 5.82 Å². The average Bonchev–Trinajstić information content (AvgIpc) is 3.12. The van der Waals surface area contributed by atoms with E-state index in [1.807, 2.05) is 5.32 Å². The summed E-state index contributed by atoms with van der Waals surface area (Å²) in [6, 6.07) is 4.31. The number of rotatable bonds is 5. The molecule has 3 rings (SSSR count). The van der Waals surface area contributed by atoms with E-state index in [0.29, 0.717) is 23.7 Å². The van der Waals surface area contributed by atoms with E-state index in [9.17, 15) is 39.9 Å². The standard InChI is InChI=1S/C20H13ClF8N4O2/c1-8(19(24,25)26)35-14-7-9(16-31-18(20(27,28)29)33(2)32-16)13(23)6-10(14)17(34)30-15-11(21)4-3-5-12(15)22/h3-8H,1-2H3,(H,30,34)/t8-/m0/s1. The monoisotopic (exact) mass is 528 g/mol. The van der Waals surface area contributed by atoms with Crippen LogP contribution in [0, 0.1) is 11.6 Å². The van der Waals surface area contributed by atoms with Gasteiger partial charge in [0.25, 0.3) is 5.91 Å². The summed E-state index contributed by atoms with van der Waals surface area (Å²) in [6.45, 7) is 0.583. The number of hydrogen-bond donors (Lipinski definition) is 1. The van der Waals surface area contributed by atoms with Crippen LogP contribution in [0.1, 0.15) is 23.1 Å². The minimum absolute atomic E-state index is 0.265. The number of hydrogen-bond acceptors (Lipinski definition) is 4. The molecule has 35 heavy (non-hydrogen) atoms. The van der Waals surface area contributed by atoms with Crippen molar-refractivity contribution in [2.45, 2.75) is 25.4 Å². The summed E-state index contributed by atoms with van der Waals surface area (Å²) in [5.74, 6) is -6.87. The number of anilines is 1. The van der Waals surface area contributed by atoms with Crippen LogP contribution in [-0.2, 0) is 13.2 Å². The first-order valence-electron chi connectivity index (χ1n) is 9.40. The van der Waals surface area contributed by atoms with Crippen molar-refractivity contribution in [2.24, 2.45) is 7.05 Å². The maximum absolute atomic E-state index is 14.9. The first kappa shape index (κ1) is 26.2. The average molecular weight is 529 g/mol. The Hall–Kier alpha value is -3.42. The highest BCUT2D eigenvalue weighted by Crippen LogP contribution is 2.35. The van der Waals surface area contributed by atoms with Gasteiger partial charge in [0, 0.05) is 7.05 Å². The molecule has 0 aliphatic carbocycles. The predicted octanol–water partition coefficient (Wildman–Crippen LogP) is 6.01. The number of halogens is 9. The molecule has 0 spiro atoms. The zero-order chi connectivity index (χ0) is 26.3. The summed E-state index contributed by atoms with van der Waals surface area (Å²) in [6.07, 6.45) is -12.4. The molecular weight excluding hydrogens is 516 g/mol. The quantitative estimate of drug-likeness (QED) is 0.412. The molecule has 1 amide bonds. The fraction of sp³-hybridized carbons (Fsp3) is 0.250. The third kappa shape index (κ3) is 5.63. The van der Waals surface area contributed by atoms with Crippen LogP contribution in [0.2, 0.25) is 5.02 Å². The molecule has 0 fully saturated rings. The topological polar surface area (TPSA) is 69.0 Å². The van der Waals surface area contributed by atoms with Gasteiger partial charge in [-0.1, -0.05) is 17.7 Å². The highest BCUT2D eigenvalue weighted by molar-refractivity contribution is 6.34. The molecule has 1 atom stereocenters. The number of nitrogens with zero attached hydrogens (tertiary/aromatic N) is 3. The van der Waals surface area contributed by atoms with Crippen LogP contribution >= 0.6 is 11.6 Å². The number of aryl methyl sites for hydroxylation is 1.